The Kier molecular flexibility index (Phi) is 8.59. The molecule has 1 unspecified atom stereocenters. The summed E-state index contributed by atoms with van der Waals surface area (Å²) in [7, 11) is 2.18. The van der Waals surface area contributed by atoms with Crippen LogP contribution in [0.5, 0.6) is 0 Å². The van der Waals surface area contributed by atoms with Gasteiger partial charge in [0, 0.05) is 19.6 Å². The number of hydrogen-bond acceptors (Lipinski definition) is 4. The van der Waals surface area contributed by atoms with Gasteiger partial charge in [-0.05, 0) is 39.9 Å². The molecule has 4 heteroatoms. The number of morpholine rings is 1. The van der Waals surface area contributed by atoms with Gasteiger partial charge in [0.25, 0.3) is 0 Å². The lowest BCUT2D eigenvalue weighted by molar-refractivity contribution is 0.0341. The Hall–Kier alpha value is -0.160. The van der Waals surface area contributed by atoms with Crippen molar-refractivity contribution >= 4 is 0 Å². The number of nitrogens with zero attached hydrogens (tertiary/aromatic N) is 2. The first-order valence-corrected chi connectivity index (χ1v) is 7.32. The van der Waals surface area contributed by atoms with Crippen molar-refractivity contribution in [2.45, 2.75) is 32.8 Å². The topological polar surface area (TPSA) is 24.9 Å². The summed E-state index contributed by atoms with van der Waals surface area (Å²) in [6.45, 7) is 12.5. The zero-order valence-electron chi connectivity index (χ0n) is 12.4. The average Bonchev–Trinajstić information content (AvgIpc) is 2.39. The Morgan fingerprint density at radius 2 is 2.00 bits per heavy atom. The van der Waals surface area contributed by atoms with Gasteiger partial charge in [0.15, 0.2) is 0 Å². The van der Waals surface area contributed by atoms with Gasteiger partial charge in [-0.2, -0.15) is 0 Å². The van der Waals surface area contributed by atoms with E-state index in [0.29, 0.717) is 6.10 Å². The summed E-state index contributed by atoms with van der Waals surface area (Å²) in [6, 6.07) is 0. The largest absolute Gasteiger partial charge is 0.379 e. The van der Waals surface area contributed by atoms with Crippen molar-refractivity contribution in [2.75, 3.05) is 59.6 Å². The van der Waals surface area contributed by atoms with E-state index in [4.69, 9.17) is 9.47 Å². The fraction of sp³-hybridized carbons (Fsp3) is 1.00. The molecule has 0 radical (unpaired) electrons. The molecule has 1 fully saturated rings. The lowest BCUT2D eigenvalue weighted by Gasteiger charge is -2.27. The molecule has 0 spiro atoms. The van der Waals surface area contributed by atoms with Crippen molar-refractivity contribution in [1.82, 2.24) is 9.80 Å². The van der Waals surface area contributed by atoms with Crippen LogP contribution in [0.1, 0.15) is 26.7 Å². The number of hydrogen-bond donors (Lipinski definition) is 0. The summed E-state index contributed by atoms with van der Waals surface area (Å²) < 4.78 is 11.0. The molecule has 0 aromatic rings. The third-order valence-corrected chi connectivity index (χ3v) is 3.57. The molecule has 4 nitrogen and oxygen atoms in total. The van der Waals surface area contributed by atoms with E-state index in [9.17, 15) is 0 Å². The molecule has 1 rings (SSSR count). The van der Waals surface area contributed by atoms with Crippen molar-refractivity contribution in [3.05, 3.63) is 0 Å². The van der Waals surface area contributed by atoms with E-state index in [1.165, 1.54) is 13.0 Å². The van der Waals surface area contributed by atoms with Crippen molar-refractivity contribution in [3.8, 4) is 0 Å². The summed E-state index contributed by atoms with van der Waals surface area (Å²) in [5.41, 5.74) is 0. The highest BCUT2D eigenvalue weighted by Crippen LogP contribution is 1.99. The van der Waals surface area contributed by atoms with Gasteiger partial charge >= 0.3 is 0 Å². The third kappa shape index (κ3) is 7.31. The van der Waals surface area contributed by atoms with Gasteiger partial charge in [0.2, 0.25) is 0 Å². The SMILES string of the molecule is CCC(C)OCCN(C)CCCN1CCOCC1. The Bertz CT molecular complexity index is 196. The van der Waals surface area contributed by atoms with Crippen molar-refractivity contribution in [1.29, 1.82) is 0 Å². The summed E-state index contributed by atoms with van der Waals surface area (Å²) in [6.07, 6.45) is 2.73. The molecule has 0 N–H and O–H groups in total. The molecule has 0 bridgehead atoms. The maximum atomic E-state index is 5.69. The summed E-state index contributed by atoms with van der Waals surface area (Å²) in [5.74, 6) is 0. The normalized spacial score (nSPS) is 19.3. The smallest absolute Gasteiger partial charge is 0.0596 e. The molecule has 1 atom stereocenters. The first-order valence-electron chi connectivity index (χ1n) is 7.32. The molecule has 0 aromatic heterocycles. The van der Waals surface area contributed by atoms with Gasteiger partial charge in [-0.3, -0.25) is 4.90 Å². The van der Waals surface area contributed by atoms with E-state index in [0.717, 1.165) is 52.4 Å². The average molecular weight is 258 g/mol. The van der Waals surface area contributed by atoms with E-state index >= 15 is 0 Å². The molecule has 0 amide bonds. The van der Waals surface area contributed by atoms with Gasteiger partial charge in [-0.15, -0.1) is 0 Å². The van der Waals surface area contributed by atoms with Crippen molar-refractivity contribution in [2.24, 2.45) is 0 Å². The van der Waals surface area contributed by atoms with Gasteiger partial charge in [0.1, 0.15) is 0 Å². The van der Waals surface area contributed by atoms with Crippen molar-refractivity contribution < 1.29 is 9.47 Å². The van der Waals surface area contributed by atoms with E-state index in [1.807, 2.05) is 0 Å². The molecule has 18 heavy (non-hydrogen) atoms. The number of likely N-dealkylation sites (N-methyl/N-ethyl adjacent to an activating group) is 1. The van der Waals surface area contributed by atoms with E-state index in [1.54, 1.807) is 0 Å². The second-order valence-corrected chi connectivity index (χ2v) is 5.20. The van der Waals surface area contributed by atoms with Gasteiger partial charge in [0.05, 0.1) is 25.9 Å². The van der Waals surface area contributed by atoms with Crippen LogP contribution in [0.4, 0.5) is 0 Å². The maximum absolute atomic E-state index is 5.69. The fourth-order valence-electron chi connectivity index (χ4n) is 2.03. The molecule has 108 valence electrons. The highest BCUT2D eigenvalue weighted by molar-refractivity contribution is 4.63. The minimum Gasteiger partial charge on any atom is -0.379 e. The Balaban J connectivity index is 1.94. The number of rotatable bonds is 9. The standard InChI is InChI=1S/C14H30N2O2/c1-4-14(2)18-13-8-15(3)6-5-7-16-9-11-17-12-10-16/h14H,4-13H2,1-3H3. The van der Waals surface area contributed by atoms with Crippen LogP contribution in [0, 0.1) is 0 Å². The summed E-state index contributed by atoms with van der Waals surface area (Å²) in [4.78, 5) is 4.86. The molecule has 1 saturated heterocycles. The van der Waals surface area contributed by atoms with Gasteiger partial charge in [-0.25, -0.2) is 0 Å². The van der Waals surface area contributed by atoms with Crippen LogP contribution in [-0.4, -0.2) is 75.5 Å². The summed E-state index contributed by atoms with van der Waals surface area (Å²) >= 11 is 0. The highest BCUT2D eigenvalue weighted by atomic mass is 16.5. The first kappa shape index (κ1) is 15.9. The Morgan fingerprint density at radius 1 is 1.28 bits per heavy atom. The molecular formula is C14H30N2O2. The first-order chi connectivity index (χ1) is 8.72. The summed E-state index contributed by atoms with van der Waals surface area (Å²) in [5, 5.41) is 0. The predicted molar refractivity (Wildman–Crippen MR) is 75.1 cm³/mol. The minimum absolute atomic E-state index is 0.395. The molecule has 0 aromatic carbocycles. The second kappa shape index (κ2) is 9.73. The van der Waals surface area contributed by atoms with Crippen LogP contribution in [0.15, 0.2) is 0 Å². The van der Waals surface area contributed by atoms with E-state index in [2.05, 4.69) is 30.7 Å². The van der Waals surface area contributed by atoms with Crippen LogP contribution in [0.3, 0.4) is 0 Å². The highest BCUT2D eigenvalue weighted by Gasteiger charge is 2.09. The van der Waals surface area contributed by atoms with E-state index < -0.39 is 0 Å². The fourth-order valence-corrected chi connectivity index (χ4v) is 2.03. The zero-order chi connectivity index (χ0) is 13.2. The predicted octanol–water partition coefficient (Wildman–Crippen LogP) is 1.46. The monoisotopic (exact) mass is 258 g/mol. The number of ether oxygens (including phenoxy) is 2. The molecule has 0 saturated carbocycles. The molecule has 1 aliphatic rings. The van der Waals surface area contributed by atoms with Crippen LogP contribution in [0.2, 0.25) is 0 Å². The van der Waals surface area contributed by atoms with Crippen LogP contribution >= 0.6 is 0 Å². The Labute approximate surface area is 112 Å². The third-order valence-electron chi connectivity index (χ3n) is 3.57. The molecule has 1 heterocycles. The maximum Gasteiger partial charge on any atom is 0.0596 e. The minimum atomic E-state index is 0.395. The quantitative estimate of drug-likeness (QED) is 0.625. The van der Waals surface area contributed by atoms with Crippen LogP contribution < -0.4 is 0 Å². The molecule has 1 aliphatic heterocycles. The Morgan fingerprint density at radius 3 is 2.67 bits per heavy atom. The van der Waals surface area contributed by atoms with Crippen molar-refractivity contribution in [3.63, 3.8) is 0 Å². The molecule has 0 aliphatic carbocycles. The van der Waals surface area contributed by atoms with Crippen LogP contribution in [0.25, 0.3) is 0 Å². The zero-order valence-corrected chi connectivity index (χ0v) is 12.4. The lowest BCUT2D eigenvalue weighted by atomic mass is 10.3. The second-order valence-electron chi connectivity index (χ2n) is 5.20. The molecular weight excluding hydrogens is 228 g/mol. The van der Waals surface area contributed by atoms with Gasteiger partial charge < -0.3 is 14.4 Å². The lowest BCUT2D eigenvalue weighted by Crippen LogP contribution is -2.38. The van der Waals surface area contributed by atoms with Crippen LogP contribution in [-0.2, 0) is 9.47 Å². The van der Waals surface area contributed by atoms with E-state index in [-0.39, 0.29) is 0 Å². The van der Waals surface area contributed by atoms with Gasteiger partial charge in [-0.1, -0.05) is 6.92 Å².